The Balaban J connectivity index is 1.87. The van der Waals surface area contributed by atoms with Gasteiger partial charge in [0.1, 0.15) is 0 Å². The van der Waals surface area contributed by atoms with Crippen LogP contribution in [-0.4, -0.2) is 10.4 Å². The topological polar surface area (TPSA) is 22.0 Å². The predicted molar refractivity (Wildman–Crippen MR) is 67.2 cm³/mol. The second-order valence-electron chi connectivity index (χ2n) is 4.61. The van der Waals surface area contributed by atoms with Gasteiger partial charge in [0.05, 0.1) is 5.69 Å². The van der Waals surface area contributed by atoms with Crippen LogP contribution < -0.4 is 0 Å². The van der Waals surface area contributed by atoms with Crippen molar-refractivity contribution in [3.05, 3.63) is 59.9 Å². The van der Waals surface area contributed by atoms with Gasteiger partial charge >= 0.3 is 0 Å². The summed E-state index contributed by atoms with van der Waals surface area (Å²) in [6, 6.07) is 14.8. The number of fused-ring (bicyclic) bond motifs is 1. The highest BCUT2D eigenvalue weighted by atomic mass is 16.1. The van der Waals surface area contributed by atoms with E-state index in [1.807, 2.05) is 24.4 Å². The normalized spacial score (nSPS) is 19.1. The fourth-order valence-electron chi connectivity index (χ4n) is 2.60. The van der Waals surface area contributed by atoms with Gasteiger partial charge in [0, 0.05) is 18.7 Å². The van der Waals surface area contributed by atoms with Crippen molar-refractivity contribution in [2.75, 3.05) is 0 Å². The quantitative estimate of drug-likeness (QED) is 0.769. The maximum atomic E-state index is 11.7. The second-order valence-corrected chi connectivity index (χ2v) is 4.61. The molecule has 1 unspecified atom stereocenters. The molecule has 2 heterocycles. The number of Topliss-reactive ketones (excluding diaryl/α,β-unsaturated/α-hetero) is 1. The first-order valence-electron chi connectivity index (χ1n) is 6.08. The zero-order valence-corrected chi connectivity index (χ0v) is 9.67. The third-order valence-corrected chi connectivity index (χ3v) is 3.48. The SMILES string of the molecule is O=C1CCC(Cc2ccccc2)n2cccc21. The van der Waals surface area contributed by atoms with E-state index in [2.05, 4.69) is 28.8 Å². The Morgan fingerprint density at radius 3 is 2.76 bits per heavy atom. The minimum absolute atomic E-state index is 0.277. The van der Waals surface area contributed by atoms with Crippen LogP contribution in [0.1, 0.15) is 34.9 Å². The van der Waals surface area contributed by atoms with Gasteiger partial charge in [0.2, 0.25) is 0 Å². The number of benzene rings is 1. The number of hydrogen-bond acceptors (Lipinski definition) is 1. The van der Waals surface area contributed by atoms with E-state index in [0.717, 1.165) is 18.5 Å². The van der Waals surface area contributed by atoms with Crippen LogP contribution in [0.15, 0.2) is 48.7 Å². The molecule has 86 valence electrons. The Hall–Kier alpha value is -1.83. The van der Waals surface area contributed by atoms with E-state index < -0.39 is 0 Å². The molecule has 1 aliphatic heterocycles. The summed E-state index contributed by atoms with van der Waals surface area (Å²) in [5.41, 5.74) is 2.21. The molecule has 1 atom stereocenters. The van der Waals surface area contributed by atoms with E-state index in [1.54, 1.807) is 0 Å². The van der Waals surface area contributed by atoms with E-state index in [1.165, 1.54) is 5.56 Å². The van der Waals surface area contributed by atoms with Gasteiger partial charge in [-0.15, -0.1) is 0 Å². The lowest BCUT2D eigenvalue weighted by atomic mass is 9.96. The molecule has 0 radical (unpaired) electrons. The molecule has 0 fully saturated rings. The van der Waals surface area contributed by atoms with Crippen LogP contribution in [0, 0.1) is 0 Å². The van der Waals surface area contributed by atoms with E-state index in [9.17, 15) is 4.79 Å². The lowest BCUT2D eigenvalue weighted by molar-refractivity contribution is 0.0942. The van der Waals surface area contributed by atoms with Crippen LogP contribution in [-0.2, 0) is 6.42 Å². The molecule has 0 bridgehead atoms. The Morgan fingerprint density at radius 1 is 1.12 bits per heavy atom. The molecule has 3 rings (SSSR count). The predicted octanol–water partition coefficient (Wildman–Crippen LogP) is 3.25. The molecule has 17 heavy (non-hydrogen) atoms. The van der Waals surface area contributed by atoms with Gasteiger partial charge in [-0.2, -0.15) is 0 Å². The number of aromatic nitrogens is 1. The first-order chi connectivity index (χ1) is 8.34. The van der Waals surface area contributed by atoms with Crippen LogP contribution in [0.25, 0.3) is 0 Å². The summed E-state index contributed by atoms with van der Waals surface area (Å²) >= 11 is 0. The number of hydrogen-bond donors (Lipinski definition) is 0. The standard InChI is InChI=1S/C15H15NO/c17-15-9-8-13(16-10-4-7-14(15)16)11-12-5-2-1-3-6-12/h1-7,10,13H,8-9,11H2. The molecule has 1 aromatic heterocycles. The molecule has 1 aliphatic rings. The average Bonchev–Trinajstić information content (AvgIpc) is 2.84. The van der Waals surface area contributed by atoms with Crippen molar-refractivity contribution in [2.24, 2.45) is 0 Å². The highest BCUT2D eigenvalue weighted by molar-refractivity contribution is 5.95. The van der Waals surface area contributed by atoms with Crippen molar-refractivity contribution >= 4 is 5.78 Å². The van der Waals surface area contributed by atoms with E-state index in [-0.39, 0.29) is 5.78 Å². The number of nitrogens with zero attached hydrogens (tertiary/aromatic N) is 1. The Morgan fingerprint density at radius 2 is 1.94 bits per heavy atom. The smallest absolute Gasteiger partial charge is 0.179 e. The van der Waals surface area contributed by atoms with E-state index in [0.29, 0.717) is 12.5 Å². The third kappa shape index (κ3) is 1.91. The minimum atomic E-state index is 0.277. The molecule has 0 spiro atoms. The van der Waals surface area contributed by atoms with Crippen molar-refractivity contribution in [3.8, 4) is 0 Å². The van der Waals surface area contributed by atoms with E-state index in [4.69, 9.17) is 0 Å². The summed E-state index contributed by atoms with van der Waals surface area (Å²) in [5, 5.41) is 0. The molecule has 0 amide bonds. The number of carbonyl (C=O) groups is 1. The fraction of sp³-hybridized carbons (Fsp3) is 0.267. The molecule has 2 heteroatoms. The summed E-state index contributed by atoms with van der Waals surface area (Å²) in [6.07, 6.45) is 4.67. The van der Waals surface area contributed by atoms with Crippen LogP contribution in [0.2, 0.25) is 0 Å². The van der Waals surface area contributed by atoms with Gasteiger partial charge in [-0.25, -0.2) is 0 Å². The zero-order valence-electron chi connectivity index (χ0n) is 9.67. The lowest BCUT2D eigenvalue weighted by Crippen LogP contribution is -2.22. The zero-order chi connectivity index (χ0) is 11.7. The molecular formula is C15H15NO. The molecule has 0 aliphatic carbocycles. The number of rotatable bonds is 2. The highest BCUT2D eigenvalue weighted by Crippen LogP contribution is 2.28. The highest BCUT2D eigenvalue weighted by Gasteiger charge is 2.24. The van der Waals surface area contributed by atoms with Crippen LogP contribution in [0.3, 0.4) is 0 Å². The van der Waals surface area contributed by atoms with Crippen LogP contribution in [0.4, 0.5) is 0 Å². The van der Waals surface area contributed by atoms with Crippen LogP contribution in [0.5, 0.6) is 0 Å². The van der Waals surface area contributed by atoms with Crippen molar-refractivity contribution in [1.29, 1.82) is 0 Å². The molecule has 2 aromatic rings. The second kappa shape index (κ2) is 4.21. The molecular weight excluding hydrogens is 210 g/mol. The summed E-state index contributed by atoms with van der Waals surface area (Å²) in [7, 11) is 0. The van der Waals surface area contributed by atoms with Crippen molar-refractivity contribution in [1.82, 2.24) is 4.57 Å². The molecule has 2 nitrogen and oxygen atoms in total. The minimum Gasteiger partial charge on any atom is -0.342 e. The van der Waals surface area contributed by atoms with Crippen LogP contribution >= 0.6 is 0 Å². The molecule has 0 N–H and O–H groups in total. The van der Waals surface area contributed by atoms with Crippen molar-refractivity contribution < 1.29 is 4.79 Å². The fourth-order valence-corrected chi connectivity index (χ4v) is 2.60. The maximum absolute atomic E-state index is 11.7. The Bertz CT molecular complexity index is 527. The van der Waals surface area contributed by atoms with Gasteiger partial charge in [-0.1, -0.05) is 30.3 Å². The van der Waals surface area contributed by atoms with Crippen molar-refractivity contribution in [3.63, 3.8) is 0 Å². The third-order valence-electron chi connectivity index (χ3n) is 3.48. The van der Waals surface area contributed by atoms with Gasteiger partial charge < -0.3 is 4.57 Å². The van der Waals surface area contributed by atoms with Gasteiger partial charge in [0.15, 0.2) is 5.78 Å². The summed E-state index contributed by atoms with van der Waals surface area (Å²) in [4.78, 5) is 11.7. The monoisotopic (exact) mass is 225 g/mol. The summed E-state index contributed by atoms with van der Waals surface area (Å²) in [5.74, 6) is 0.277. The van der Waals surface area contributed by atoms with Crippen molar-refractivity contribution in [2.45, 2.75) is 25.3 Å². The van der Waals surface area contributed by atoms with Gasteiger partial charge in [0.25, 0.3) is 0 Å². The van der Waals surface area contributed by atoms with E-state index >= 15 is 0 Å². The maximum Gasteiger partial charge on any atom is 0.179 e. The Kier molecular flexibility index (Phi) is 2.56. The first kappa shape index (κ1) is 10.3. The molecule has 1 aromatic carbocycles. The molecule has 0 saturated heterocycles. The lowest BCUT2D eigenvalue weighted by Gasteiger charge is -2.25. The number of carbonyl (C=O) groups excluding carboxylic acids is 1. The molecule has 0 saturated carbocycles. The first-order valence-corrected chi connectivity index (χ1v) is 6.08. The van der Waals surface area contributed by atoms with Gasteiger partial charge in [-0.3, -0.25) is 4.79 Å². The Labute approximate surface area is 101 Å². The summed E-state index contributed by atoms with van der Waals surface area (Å²) < 4.78 is 2.14. The van der Waals surface area contributed by atoms with Gasteiger partial charge in [-0.05, 0) is 30.5 Å². The average molecular weight is 225 g/mol. The largest absolute Gasteiger partial charge is 0.342 e. The summed E-state index contributed by atoms with van der Waals surface area (Å²) in [6.45, 7) is 0. The number of ketones is 1.